The van der Waals surface area contributed by atoms with Crippen LogP contribution in [0.25, 0.3) is 0 Å². The number of benzene rings is 1. The Kier molecular flexibility index (Phi) is 8.12. The Morgan fingerprint density at radius 1 is 1.17 bits per heavy atom. The molecule has 0 spiro atoms. The first-order valence-corrected chi connectivity index (χ1v) is 8.81. The van der Waals surface area contributed by atoms with Gasteiger partial charge in [-0.15, -0.1) is 0 Å². The van der Waals surface area contributed by atoms with Gasteiger partial charge in [0.15, 0.2) is 6.10 Å². The van der Waals surface area contributed by atoms with Gasteiger partial charge in [0.1, 0.15) is 16.0 Å². The standard InChI is InChI=1S/C18H15Cl2F3N2O4/c1-11(17(26)25-27-9-8-15(19)20)28-13-3-5-14(6-4-13)29-16-7-2-12(10-24-16)18(21,22)23/h2-8,10-11H,9H2,1H3,(H,25,26)/t11-/m1/s1. The highest BCUT2D eigenvalue weighted by Crippen LogP contribution is 2.30. The van der Waals surface area contributed by atoms with Crippen LogP contribution in [0.1, 0.15) is 12.5 Å². The van der Waals surface area contributed by atoms with Gasteiger partial charge in [-0.2, -0.15) is 13.2 Å². The molecule has 1 atom stereocenters. The molecule has 0 aliphatic heterocycles. The smallest absolute Gasteiger partial charge is 0.417 e. The van der Waals surface area contributed by atoms with E-state index in [2.05, 4.69) is 10.5 Å². The summed E-state index contributed by atoms with van der Waals surface area (Å²) in [6.45, 7) is 1.50. The van der Waals surface area contributed by atoms with E-state index in [1.165, 1.54) is 37.3 Å². The number of hydrogen-bond donors (Lipinski definition) is 1. The van der Waals surface area contributed by atoms with Crippen LogP contribution in [-0.2, 0) is 15.8 Å². The van der Waals surface area contributed by atoms with Crippen LogP contribution in [0.5, 0.6) is 17.4 Å². The third-order valence-corrected chi connectivity index (χ3v) is 3.59. The first kappa shape index (κ1) is 22.8. The number of nitrogens with one attached hydrogen (secondary N) is 1. The molecule has 1 amide bonds. The maximum atomic E-state index is 12.5. The van der Waals surface area contributed by atoms with Gasteiger partial charge >= 0.3 is 6.18 Å². The molecule has 0 radical (unpaired) electrons. The largest absolute Gasteiger partial charge is 0.481 e. The number of hydroxylamine groups is 1. The Hall–Kier alpha value is -2.49. The van der Waals surface area contributed by atoms with Gasteiger partial charge < -0.3 is 9.47 Å². The van der Waals surface area contributed by atoms with Crippen molar-refractivity contribution in [1.29, 1.82) is 0 Å². The van der Waals surface area contributed by atoms with E-state index in [0.29, 0.717) is 17.7 Å². The topological polar surface area (TPSA) is 69.7 Å². The molecule has 0 saturated carbocycles. The van der Waals surface area contributed by atoms with E-state index in [0.717, 1.165) is 12.1 Å². The Labute approximate surface area is 174 Å². The van der Waals surface area contributed by atoms with Crippen LogP contribution in [0.2, 0.25) is 0 Å². The second-order valence-corrected chi connectivity index (χ2v) is 6.50. The number of carbonyl (C=O) groups is 1. The molecule has 2 aromatic rings. The molecular formula is C18H15Cl2F3N2O4. The molecule has 1 N–H and O–H groups in total. The molecule has 6 nitrogen and oxygen atoms in total. The molecule has 1 aromatic carbocycles. The SMILES string of the molecule is C[C@@H](Oc1ccc(Oc2ccc(C(F)(F)F)cn2)cc1)C(=O)NOCC=C(Cl)Cl. The van der Waals surface area contributed by atoms with Crippen LogP contribution < -0.4 is 15.0 Å². The minimum absolute atomic E-state index is 0.00246. The number of rotatable bonds is 8. The fourth-order valence-corrected chi connectivity index (χ4v) is 2.00. The number of aromatic nitrogens is 1. The van der Waals surface area contributed by atoms with Crippen molar-refractivity contribution >= 4 is 29.1 Å². The number of ether oxygens (including phenoxy) is 2. The van der Waals surface area contributed by atoms with Gasteiger partial charge in [-0.25, -0.2) is 10.5 Å². The van der Waals surface area contributed by atoms with E-state index in [-0.39, 0.29) is 17.0 Å². The maximum absolute atomic E-state index is 12.5. The Morgan fingerprint density at radius 3 is 2.38 bits per heavy atom. The number of nitrogens with zero attached hydrogens (tertiary/aromatic N) is 1. The van der Waals surface area contributed by atoms with Crippen molar-refractivity contribution < 1.29 is 32.3 Å². The lowest BCUT2D eigenvalue weighted by Crippen LogP contribution is -2.36. The van der Waals surface area contributed by atoms with Crippen LogP contribution >= 0.6 is 23.2 Å². The predicted molar refractivity (Wildman–Crippen MR) is 99.7 cm³/mol. The lowest BCUT2D eigenvalue weighted by molar-refractivity contribution is -0.139. The van der Waals surface area contributed by atoms with Crippen molar-refractivity contribution in [2.75, 3.05) is 6.61 Å². The van der Waals surface area contributed by atoms with E-state index in [4.69, 9.17) is 37.5 Å². The summed E-state index contributed by atoms with van der Waals surface area (Å²) in [6.07, 6.45) is -3.30. The second kappa shape index (κ2) is 10.3. The number of carbonyl (C=O) groups excluding carboxylic acids is 1. The van der Waals surface area contributed by atoms with E-state index < -0.39 is 23.8 Å². The van der Waals surface area contributed by atoms with Crippen molar-refractivity contribution in [2.24, 2.45) is 0 Å². The third-order valence-electron chi connectivity index (χ3n) is 3.29. The predicted octanol–water partition coefficient (Wildman–Crippen LogP) is 5.03. The van der Waals surface area contributed by atoms with E-state index in [9.17, 15) is 18.0 Å². The summed E-state index contributed by atoms with van der Waals surface area (Å²) >= 11 is 10.8. The molecule has 0 aliphatic carbocycles. The van der Waals surface area contributed by atoms with Gasteiger partial charge in [-0.1, -0.05) is 23.2 Å². The Bertz CT molecular complexity index is 840. The zero-order chi connectivity index (χ0) is 21.4. The van der Waals surface area contributed by atoms with Crippen molar-refractivity contribution in [3.8, 4) is 17.4 Å². The number of amides is 1. The highest BCUT2D eigenvalue weighted by molar-refractivity contribution is 6.55. The van der Waals surface area contributed by atoms with E-state index in [1.54, 1.807) is 0 Å². The molecule has 11 heteroatoms. The van der Waals surface area contributed by atoms with Crippen LogP contribution in [0.3, 0.4) is 0 Å². The summed E-state index contributed by atoms with van der Waals surface area (Å²) < 4.78 is 48.4. The van der Waals surface area contributed by atoms with Gasteiger partial charge in [-0.3, -0.25) is 9.63 Å². The fraction of sp³-hybridized carbons (Fsp3) is 0.222. The molecule has 29 heavy (non-hydrogen) atoms. The van der Waals surface area contributed by atoms with Gasteiger partial charge in [0, 0.05) is 12.3 Å². The average Bonchev–Trinajstić information content (AvgIpc) is 2.66. The lowest BCUT2D eigenvalue weighted by Gasteiger charge is -2.14. The molecule has 156 valence electrons. The lowest BCUT2D eigenvalue weighted by atomic mass is 10.3. The number of pyridine rings is 1. The quantitative estimate of drug-likeness (QED) is 0.451. The summed E-state index contributed by atoms with van der Waals surface area (Å²) in [5.41, 5.74) is 1.31. The first-order chi connectivity index (χ1) is 13.6. The van der Waals surface area contributed by atoms with E-state index in [1.807, 2.05) is 0 Å². The molecule has 2 rings (SSSR count). The van der Waals surface area contributed by atoms with Crippen LogP contribution in [0.4, 0.5) is 13.2 Å². The Balaban J connectivity index is 1.86. The van der Waals surface area contributed by atoms with Gasteiger partial charge in [0.25, 0.3) is 5.91 Å². The van der Waals surface area contributed by atoms with Crippen molar-refractivity contribution in [3.63, 3.8) is 0 Å². The zero-order valence-corrected chi connectivity index (χ0v) is 16.4. The summed E-state index contributed by atoms with van der Waals surface area (Å²) in [5.74, 6) is 0.167. The van der Waals surface area contributed by atoms with Gasteiger partial charge in [0.05, 0.1) is 12.2 Å². The summed E-state index contributed by atoms with van der Waals surface area (Å²) in [5, 5.41) is 0. The number of alkyl halides is 3. The third kappa shape index (κ3) is 7.80. The molecule has 1 heterocycles. The fourth-order valence-electron chi connectivity index (χ4n) is 1.87. The minimum Gasteiger partial charge on any atom is -0.481 e. The molecular weight excluding hydrogens is 436 g/mol. The molecule has 0 fully saturated rings. The molecule has 0 bridgehead atoms. The first-order valence-electron chi connectivity index (χ1n) is 8.06. The van der Waals surface area contributed by atoms with Crippen LogP contribution in [0, 0.1) is 0 Å². The summed E-state index contributed by atoms with van der Waals surface area (Å²) in [6, 6.07) is 8.08. The van der Waals surface area contributed by atoms with Crippen molar-refractivity contribution in [1.82, 2.24) is 10.5 Å². The normalized spacial score (nSPS) is 12.1. The van der Waals surface area contributed by atoms with Crippen LogP contribution in [-0.4, -0.2) is 23.6 Å². The summed E-state index contributed by atoms with van der Waals surface area (Å²) in [7, 11) is 0. The molecule has 0 saturated heterocycles. The average molecular weight is 451 g/mol. The summed E-state index contributed by atoms with van der Waals surface area (Å²) in [4.78, 5) is 20.3. The maximum Gasteiger partial charge on any atom is 0.417 e. The van der Waals surface area contributed by atoms with Crippen molar-refractivity contribution in [3.05, 3.63) is 58.7 Å². The van der Waals surface area contributed by atoms with Gasteiger partial charge in [0.2, 0.25) is 5.88 Å². The van der Waals surface area contributed by atoms with Crippen molar-refractivity contribution in [2.45, 2.75) is 19.2 Å². The Morgan fingerprint density at radius 2 is 1.83 bits per heavy atom. The second-order valence-electron chi connectivity index (χ2n) is 5.49. The van der Waals surface area contributed by atoms with Crippen LogP contribution in [0.15, 0.2) is 53.2 Å². The minimum atomic E-state index is -4.47. The number of hydrogen-bond acceptors (Lipinski definition) is 5. The highest BCUT2D eigenvalue weighted by Gasteiger charge is 2.30. The highest BCUT2D eigenvalue weighted by atomic mass is 35.5. The molecule has 0 unspecified atom stereocenters. The van der Waals surface area contributed by atoms with Gasteiger partial charge in [-0.05, 0) is 43.3 Å². The molecule has 0 aliphatic rings. The molecule has 1 aromatic heterocycles. The number of halogens is 5. The zero-order valence-electron chi connectivity index (χ0n) is 14.9. The monoisotopic (exact) mass is 450 g/mol. The van der Waals surface area contributed by atoms with E-state index >= 15 is 0 Å².